The largest absolute Gasteiger partial charge is 0.383 e. The third-order valence-corrected chi connectivity index (χ3v) is 3.79. The summed E-state index contributed by atoms with van der Waals surface area (Å²) in [5.41, 5.74) is 2.89. The Labute approximate surface area is 128 Å². The van der Waals surface area contributed by atoms with Crippen molar-refractivity contribution in [1.82, 2.24) is 5.32 Å². The van der Waals surface area contributed by atoms with Crippen LogP contribution in [0.15, 0.2) is 18.2 Å². The Morgan fingerprint density at radius 3 is 2.57 bits per heavy atom. The summed E-state index contributed by atoms with van der Waals surface area (Å²) in [4.78, 5) is 2.31. The van der Waals surface area contributed by atoms with Crippen molar-refractivity contribution in [2.75, 3.05) is 32.2 Å². The summed E-state index contributed by atoms with van der Waals surface area (Å²) >= 11 is 0. The molecule has 1 N–H and O–H groups in total. The maximum atomic E-state index is 9.48. The van der Waals surface area contributed by atoms with Crippen molar-refractivity contribution >= 4 is 5.69 Å². The van der Waals surface area contributed by atoms with E-state index >= 15 is 0 Å². The van der Waals surface area contributed by atoms with Gasteiger partial charge in [0.1, 0.15) is 6.07 Å². The van der Waals surface area contributed by atoms with Crippen LogP contribution in [0.5, 0.6) is 0 Å². The van der Waals surface area contributed by atoms with Crippen molar-refractivity contribution in [3.8, 4) is 6.07 Å². The van der Waals surface area contributed by atoms with Gasteiger partial charge >= 0.3 is 0 Å². The highest BCUT2D eigenvalue weighted by atomic mass is 16.5. The summed E-state index contributed by atoms with van der Waals surface area (Å²) in [5.74, 6) is 0. The molecule has 0 amide bonds. The van der Waals surface area contributed by atoms with Crippen molar-refractivity contribution in [3.05, 3.63) is 29.3 Å². The Balaban J connectivity index is 3.13. The minimum absolute atomic E-state index is 0.433. The number of methoxy groups -OCH3 is 1. The van der Waals surface area contributed by atoms with Crippen molar-refractivity contribution < 1.29 is 4.74 Å². The molecule has 0 aliphatic heterocycles. The Bertz CT molecular complexity index is 464. The van der Waals surface area contributed by atoms with Gasteiger partial charge in [0.05, 0.1) is 17.9 Å². The summed E-state index contributed by atoms with van der Waals surface area (Å²) in [6.07, 6.45) is 2.12. The van der Waals surface area contributed by atoms with Crippen LogP contribution in [0.25, 0.3) is 0 Å². The molecule has 0 fully saturated rings. The average Bonchev–Trinajstić information content (AvgIpc) is 2.52. The van der Waals surface area contributed by atoms with Crippen LogP contribution in [0.2, 0.25) is 0 Å². The van der Waals surface area contributed by atoms with Crippen LogP contribution < -0.4 is 10.2 Å². The van der Waals surface area contributed by atoms with E-state index in [1.807, 2.05) is 13.1 Å². The molecule has 116 valence electrons. The second-order valence-corrected chi connectivity index (χ2v) is 5.15. The molecule has 1 rings (SSSR count). The predicted molar refractivity (Wildman–Crippen MR) is 87.5 cm³/mol. The molecule has 4 heteroatoms. The van der Waals surface area contributed by atoms with E-state index in [0.29, 0.717) is 12.6 Å². The molecule has 0 bridgehead atoms. The Morgan fingerprint density at radius 1 is 1.33 bits per heavy atom. The van der Waals surface area contributed by atoms with E-state index in [9.17, 15) is 5.26 Å². The summed E-state index contributed by atoms with van der Waals surface area (Å²) < 4.78 is 5.23. The van der Waals surface area contributed by atoms with Crippen molar-refractivity contribution in [2.24, 2.45) is 0 Å². The molecule has 0 saturated carbocycles. The molecule has 4 nitrogen and oxygen atoms in total. The van der Waals surface area contributed by atoms with Crippen LogP contribution in [0, 0.1) is 11.3 Å². The molecule has 0 spiro atoms. The fourth-order valence-electron chi connectivity index (χ4n) is 2.66. The summed E-state index contributed by atoms with van der Waals surface area (Å²) in [6, 6.07) is 8.92. The summed E-state index contributed by atoms with van der Waals surface area (Å²) in [5, 5.41) is 12.6. The van der Waals surface area contributed by atoms with E-state index in [-0.39, 0.29) is 0 Å². The second kappa shape index (κ2) is 9.38. The lowest BCUT2D eigenvalue weighted by Gasteiger charge is -2.33. The molecule has 1 aromatic carbocycles. The highest BCUT2D eigenvalue weighted by Gasteiger charge is 2.18. The van der Waals surface area contributed by atoms with Gasteiger partial charge in [0.15, 0.2) is 0 Å². The maximum absolute atomic E-state index is 9.48. The fourth-order valence-corrected chi connectivity index (χ4v) is 2.66. The quantitative estimate of drug-likeness (QED) is 0.759. The van der Waals surface area contributed by atoms with Gasteiger partial charge in [0, 0.05) is 26.2 Å². The number of hydrogen-bond acceptors (Lipinski definition) is 4. The first-order chi connectivity index (χ1) is 10.2. The van der Waals surface area contributed by atoms with E-state index in [2.05, 4.69) is 42.3 Å². The van der Waals surface area contributed by atoms with Crippen LogP contribution in [-0.2, 0) is 11.3 Å². The maximum Gasteiger partial charge on any atom is 0.101 e. The molecule has 0 unspecified atom stereocenters. The number of benzene rings is 1. The molecule has 1 aromatic rings. The number of hydrogen-bond donors (Lipinski definition) is 1. The van der Waals surface area contributed by atoms with Crippen LogP contribution >= 0.6 is 0 Å². The zero-order chi connectivity index (χ0) is 15.7. The van der Waals surface area contributed by atoms with Crippen molar-refractivity contribution in [2.45, 2.75) is 39.3 Å². The van der Waals surface area contributed by atoms with Gasteiger partial charge in [-0.1, -0.05) is 19.9 Å². The highest BCUT2D eigenvalue weighted by Crippen LogP contribution is 2.25. The minimum atomic E-state index is 0.433. The lowest BCUT2D eigenvalue weighted by atomic mass is 10.0. The lowest BCUT2D eigenvalue weighted by Crippen LogP contribution is -2.37. The second-order valence-electron chi connectivity index (χ2n) is 5.15. The van der Waals surface area contributed by atoms with E-state index in [1.165, 1.54) is 0 Å². The third-order valence-electron chi connectivity index (χ3n) is 3.79. The summed E-state index contributed by atoms with van der Waals surface area (Å²) in [7, 11) is 3.63. The molecule has 0 heterocycles. The number of nitrogens with zero attached hydrogens (tertiary/aromatic N) is 2. The molecule has 0 atom stereocenters. The lowest BCUT2D eigenvalue weighted by molar-refractivity contribution is 0.202. The normalized spacial score (nSPS) is 10.7. The smallest absolute Gasteiger partial charge is 0.101 e. The van der Waals surface area contributed by atoms with E-state index in [0.717, 1.165) is 42.7 Å². The highest BCUT2D eigenvalue weighted by molar-refractivity contribution is 5.61. The van der Waals surface area contributed by atoms with Gasteiger partial charge in [-0.3, -0.25) is 0 Å². The molecular weight excluding hydrogens is 262 g/mol. The number of anilines is 1. The van der Waals surface area contributed by atoms with Gasteiger partial charge in [-0.15, -0.1) is 0 Å². The first kappa shape index (κ1) is 17.5. The van der Waals surface area contributed by atoms with Crippen LogP contribution in [0.4, 0.5) is 5.69 Å². The van der Waals surface area contributed by atoms with E-state index in [1.54, 1.807) is 7.11 Å². The van der Waals surface area contributed by atoms with Crippen molar-refractivity contribution in [3.63, 3.8) is 0 Å². The number of ether oxygens (including phenoxy) is 1. The van der Waals surface area contributed by atoms with E-state index < -0.39 is 0 Å². The predicted octanol–water partition coefficient (Wildman–Crippen LogP) is 2.92. The Morgan fingerprint density at radius 2 is 2.05 bits per heavy atom. The monoisotopic (exact) mass is 289 g/mol. The van der Waals surface area contributed by atoms with Gasteiger partial charge in [-0.05, 0) is 37.6 Å². The topological polar surface area (TPSA) is 48.3 Å². The number of nitriles is 1. The molecule has 0 aliphatic carbocycles. The molecular formula is C17H27N3O. The molecule has 0 saturated heterocycles. The molecule has 0 aliphatic rings. The number of nitrogens with one attached hydrogen (secondary N) is 1. The SMILES string of the molecule is CCC(CC)N(CCOC)c1ccc(CNC)cc1C#N. The number of rotatable bonds is 9. The first-order valence-electron chi connectivity index (χ1n) is 7.64. The van der Waals surface area contributed by atoms with Gasteiger partial charge in [-0.25, -0.2) is 0 Å². The molecule has 0 aromatic heterocycles. The van der Waals surface area contributed by atoms with Gasteiger partial charge in [0.25, 0.3) is 0 Å². The van der Waals surface area contributed by atoms with Gasteiger partial charge < -0.3 is 15.0 Å². The molecule has 21 heavy (non-hydrogen) atoms. The van der Waals surface area contributed by atoms with Crippen LogP contribution in [0.3, 0.4) is 0 Å². The van der Waals surface area contributed by atoms with E-state index in [4.69, 9.17) is 4.74 Å². The molecule has 0 radical (unpaired) electrons. The third kappa shape index (κ3) is 4.73. The zero-order valence-electron chi connectivity index (χ0n) is 13.6. The fraction of sp³-hybridized carbons (Fsp3) is 0.588. The van der Waals surface area contributed by atoms with Crippen molar-refractivity contribution in [1.29, 1.82) is 5.26 Å². The Kier molecular flexibility index (Phi) is 7.81. The first-order valence-corrected chi connectivity index (χ1v) is 7.64. The standard InChI is InChI=1S/C17H27N3O/c1-5-16(6-2)20(9-10-21-4)17-8-7-14(13-19-3)11-15(17)12-18/h7-8,11,16,19H,5-6,9-10,13H2,1-4H3. The van der Waals surface area contributed by atoms with Gasteiger partial charge in [0.2, 0.25) is 0 Å². The summed E-state index contributed by atoms with van der Waals surface area (Å²) in [6.45, 7) is 6.63. The van der Waals surface area contributed by atoms with Gasteiger partial charge in [-0.2, -0.15) is 5.26 Å². The minimum Gasteiger partial charge on any atom is -0.383 e. The average molecular weight is 289 g/mol. The van der Waals surface area contributed by atoms with Crippen LogP contribution in [-0.4, -0.2) is 33.4 Å². The zero-order valence-corrected chi connectivity index (χ0v) is 13.6. The Hall–Kier alpha value is -1.57. The van der Waals surface area contributed by atoms with Crippen LogP contribution in [0.1, 0.15) is 37.8 Å².